The van der Waals surface area contributed by atoms with Gasteiger partial charge in [0.15, 0.2) is 0 Å². The smallest absolute Gasteiger partial charge is 0.360 e. The first-order chi connectivity index (χ1) is 7.77. The second-order valence-electron chi connectivity index (χ2n) is 8.20. The van der Waals surface area contributed by atoms with Crippen LogP contribution in [0, 0.1) is 0 Å². The lowest BCUT2D eigenvalue weighted by Gasteiger charge is -2.59. The van der Waals surface area contributed by atoms with Gasteiger partial charge in [-0.25, -0.2) is 0 Å². The van der Waals surface area contributed by atoms with E-state index >= 15 is 0 Å². The van der Waals surface area contributed by atoms with Gasteiger partial charge in [0.05, 0.1) is 0 Å². The van der Waals surface area contributed by atoms with Crippen LogP contribution in [0.5, 0.6) is 0 Å². The minimum atomic E-state index is -1.87. The van der Waals surface area contributed by atoms with E-state index in [-0.39, 0.29) is 15.1 Å². The zero-order valence-electron chi connectivity index (χ0n) is 14.3. The van der Waals surface area contributed by atoms with Crippen molar-refractivity contribution in [2.45, 2.75) is 77.4 Å². The lowest BCUT2D eigenvalue weighted by atomic mass is 10.2. The van der Waals surface area contributed by atoms with Gasteiger partial charge in [0.25, 0.3) is 0 Å². The topological polar surface area (TPSA) is 18.5 Å². The molecule has 0 unspecified atom stereocenters. The predicted octanol–water partition coefficient (Wildman–Crippen LogP) is 4.69. The zero-order valence-corrected chi connectivity index (χ0v) is 16.3. The molecule has 18 heavy (non-hydrogen) atoms. The molecule has 0 fully saturated rings. The van der Waals surface area contributed by atoms with Crippen LogP contribution in [0.25, 0.3) is 0 Å². The van der Waals surface area contributed by atoms with Crippen molar-refractivity contribution in [2.24, 2.45) is 0 Å². The first-order valence-electron chi connectivity index (χ1n) is 6.72. The molecule has 0 bridgehead atoms. The molecule has 0 aromatic carbocycles. The van der Waals surface area contributed by atoms with E-state index in [2.05, 4.69) is 62.3 Å². The van der Waals surface area contributed by atoms with Crippen molar-refractivity contribution < 1.29 is 8.85 Å². The highest BCUT2D eigenvalue weighted by Gasteiger charge is 2.67. The van der Waals surface area contributed by atoms with Gasteiger partial charge in [0.2, 0.25) is 0 Å². The molecule has 0 atom stereocenters. The molecule has 0 aromatic heterocycles. The Balaban J connectivity index is 6.25. The van der Waals surface area contributed by atoms with Crippen LogP contribution in [0.3, 0.4) is 0 Å². The summed E-state index contributed by atoms with van der Waals surface area (Å²) in [5.74, 6) is 0. The van der Waals surface area contributed by atoms with E-state index in [9.17, 15) is 0 Å². The maximum absolute atomic E-state index is 5.89. The van der Waals surface area contributed by atoms with E-state index in [1.54, 1.807) is 0 Å². The van der Waals surface area contributed by atoms with E-state index in [1.165, 1.54) is 0 Å². The molecule has 1 radical (unpaired) electrons. The third kappa shape index (κ3) is 2.76. The molecule has 0 aliphatic carbocycles. The van der Waals surface area contributed by atoms with Crippen LogP contribution < -0.4 is 0 Å². The van der Waals surface area contributed by atoms with E-state index in [0.29, 0.717) is 0 Å². The Kier molecular flexibility index (Phi) is 5.49. The molecule has 0 aliphatic rings. The summed E-state index contributed by atoms with van der Waals surface area (Å²) in [5, 5.41) is 0.720. The number of hydrogen-bond donors (Lipinski definition) is 0. The fraction of sp³-hybridized carbons (Fsp3) is 1.00. The van der Waals surface area contributed by atoms with Gasteiger partial charge in [-0.2, -0.15) is 0 Å². The molecule has 0 amide bonds. The van der Waals surface area contributed by atoms with Crippen LogP contribution in [-0.2, 0) is 8.85 Å². The van der Waals surface area contributed by atoms with Gasteiger partial charge in [0.1, 0.15) is 7.59 Å². The Morgan fingerprint density at radius 2 is 0.833 bits per heavy atom. The Hall–Kier alpha value is 0.354. The first kappa shape index (κ1) is 18.4. The summed E-state index contributed by atoms with van der Waals surface area (Å²) >= 11 is 0. The molecule has 0 saturated carbocycles. The van der Waals surface area contributed by atoms with Crippen molar-refractivity contribution in [2.75, 3.05) is 14.2 Å². The largest absolute Gasteiger partial charge is 0.399 e. The highest BCUT2D eigenvalue weighted by Crippen LogP contribution is 2.62. The van der Waals surface area contributed by atoms with Crippen LogP contribution in [0.4, 0.5) is 0 Å². The van der Waals surface area contributed by atoms with Crippen molar-refractivity contribution in [3.8, 4) is 0 Å². The molecule has 0 rings (SSSR count). The first-order valence-corrected chi connectivity index (χ1v) is 11.0. The Morgan fingerprint density at radius 1 is 0.611 bits per heavy atom. The summed E-state index contributed by atoms with van der Waals surface area (Å²) in [4.78, 5) is 0. The van der Waals surface area contributed by atoms with Crippen molar-refractivity contribution in [1.29, 1.82) is 0 Å². The van der Waals surface area contributed by atoms with Crippen LogP contribution >= 0.6 is 0 Å². The molecule has 0 aromatic rings. The quantitative estimate of drug-likeness (QED) is 0.701. The van der Waals surface area contributed by atoms with E-state index < -0.39 is 16.4 Å². The Morgan fingerprint density at radius 3 is 0.889 bits per heavy atom. The van der Waals surface area contributed by atoms with Crippen LogP contribution in [-0.4, -0.2) is 30.6 Å². The fourth-order valence-corrected chi connectivity index (χ4v) is 21.4. The van der Waals surface area contributed by atoms with Gasteiger partial charge in [-0.3, -0.25) is 0 Å². The molecule has 109 valence electrons. The average molecular weight is 290 g/mol. The number of hydrogen-bond acceptors (Lipinski definition) is 2. The van der Waals surface area contributed by atoms with Gasteiger partial charge >= 0.3 is 8.80 Å². The third-order valence-corrected chi connectivity index (χ3v) is 22.0. The molecule has 0 saturated heterocycles. The molecule has 4 heteroatoms. The van der Waals surface area contributed by atoms with Crippen LogP contribution in [0.1, 0.15) is 62.3 Å². The molecular formula is C14H33O2Si2. The van der Waals surface area contributed by atoms with Gasteiger partial charge < -0.3 is 8.85 Å². The second kappa shape index (κ2) is 5.39. The highest BCUT2D eigenvalue weighted by molar-refractivity contribution is 7.32. The lowest BCUT2D eigenvalue weighted by Crippen LogP contribution is -2.70. The predicted molar refractivity (Wildman–Crippen MR) is 84.7 cm³/mol. The molecule has 2 nitrogen and oxygen atoms in total. The minimum absolute atomic E-state index is 0.240. The molecule has 0 spiro atoms. The van der Waals surface area contributed by atoms with Gasteiger partial charge in [-0.1, -0.05) is 62.3 Å². The molecule has 0 heterocycles. The molecular weight excluding hydrogens is 256 g/mol. The van der Waals surface area contributed by atoms with E-state index in [4.69, 9.17) is 8.85 Å². The maximum atomic E-state index is 5.89. The number of rotatable bonds is 3. The Labute approximate surface area is 117 Å². The fourth-order valence-electron chi connectivity index (χ4n) is 4.68. The monoisotopic (exact) mass is 289 g/mol. The summed E-state index contributed by atoms with van der Waals surface area (Å²) in [5.41, 5.74) is 0. The van der Waals surface area contributed by atoms with Gasteiger partial charge in [-0.15, -0.1) is 0 Å². The second-order valence-corrected chi connectivity index (χ2v) is 19.1. The molecule has 0 N–H and O–H groups in total. The normalized spacial score (nSPS) is 15.3. The third-order valence-electron chi connectivity index (χ3n) is 4.05. The van der Waals surface area contributed by atoms with Gasteiger partial charge in [0, 0.05) is 14.2 Å². The minimum Gasteiger partial charge on any atom is -0.399 e. The summed E-state index contributed by atoms with van der Waals surface area (Å²) in [6.07, 6.45) is 0. The Bertz CT molecular complexity index is 229. The van der Waals surface area contributed by atoms with E-state index in [1.807, 2.05) is 14.2 Å². The summed E-state index contributed by atoms with van der Waals surface area (Å²) in [7, 11) is 0.518. The molecule has 0 aliphatic heterocycles. The van der Waals surface area contributed by atoms with Crippen LogP contribution in [0.15, 0.2) is 0 Å². The van der Waals surface area contributed by atoms with E-state index in [0.717, 1.165) is 0 Å². The van der Waals surface area contributed by atoms with Crippen molar-refractivity contribution in [1.82, 2.24) is 0 Å². The van der Waals surface area contributed by atoms with Crippen molar-refractivity contribution >= 4 is 16.4 Å². The zero-order chi connectivity index (χ0) is 15.0. The SMILES string of the molecule is CO[Si](OC)[Si](C(C)(C)C)(C(C)(C)C)C(C)(C)C. The summed E-state index contributed by atoms with van der Waals surface area (Å²) < 4.78 is 11.8. The van der Waals surface area contributed by atoms with Crippen LogP contribution in [0.2, 0.25) is 15.1 Å². The summed E-state index contributed by atoms with van der Waals surface area (Å²) in [6.45, 7) is 21.4. The van der Waals surface area contributed by atoms with Crippen molar-refractivity contribution in [3.05, 3.63) is 0 Å². The summed E-state index contributed by atoms with van der Waals surface area (Å²) in [6, 6.07) is 0. The standard InChI is InChI=1S/C14H33O2Si2/c1-12(2,3)18(13(4,5)6,14(7,8)9)17(15-10)16-11/h1-11H3. The average Bonchev–Trinajstić information content (AvgIpc) is 2.06. The highest BCUT2D eigenvalue weighted by atomic mass is 29.3. The lowest BCUT2D eigenvalue weighted by molar-refractivity contribution is 0.287. The van der Waals surface area contributed by atoms with Gasteiger partial charge in [-0.05, 0) is 15.1 Å². The maximum Gasteiger partial charge on any atom is 0.360 e. The van der Waals surface area contributed by atoms with Crippen molar-refractivity contribution in [3.63, 3.8) is 0 Å².